The molecule has 0 aliphatic carbocycles. The van der Waals surface area contributed by atoms with E-state index in [4.69, 9.17) is 11.6 Å². The van der Waals surface area contributed by atoms with Crippen LogP contribution in [-0.2, 0) is 9.59 Å². The van der Waals surface area contributed by atoms with E-state index in [1.165, 1.54) is 42.9 Å². The van der Waals surface area contributed by atoms with Gasteiger partial charge in [0.25, 0.3) is 6.43 Å². The van der Waals surface area contributed by atoms with Gasteiger partial charge in [0.1, 0.15) is 18.7 Å². The number of fused-ring (bicyclic) bond motifs is 3. The number of alkyl halides is 2. The first-order valence-corrected chi connectivity index (χ1v) is 9.92. The zero-order valence-electron chi connectivity index (χ0n) is 16.7. The maximum atomic E-state index is 15.0. The van der Waals surface area contributed by atoms with Crippen LogP contribution in [0.15, 0.2) is 48.9 Å². The van der Waals surface area contributed by atoms with Crippen LogP contribution in [0, 0.1) is 5.82 Å². The highest BCUT2D eigenvalue weighted by atomic mass is 35.5. The van der Waals surface area contributed by atoms with Crippen LogP contribution >= 0.6 is 11.6 Å². The molecule has 10 heteroatoms. The van der Waals surface area contributed by atoms with E-state index in [9.17, 15) is 22.8 Å². The number of rotatable bonds is 4. The van der Waals surface area contributed by atoms with Crippen molar-refractivity contribution in [3.05, 3.63) is 71.0 Å². The molecule has 164 valence electrons. The van der Waals surface area contributed by atoms with E-state index in [0.717, 1.165) is 11.0 Å². The predicted molar refractivity (Wildman–Crippen MR) is 113 cm³/mol. The summed E-state index contributed by atoms with van der Waals surface area (Å²) >= 11 is 6.05. The van der Waals surface area contributed by atoms with Crippen LogP contribution in [0.1, 0.15) is 30.5 Å². The summed E-state index contributed by atoms with van der Waals surface area (Å²) in [5.41, 5.74) is 0.945. The highest BCUT2D eigenvalue weighted by molar-refractivity contribution is 6.31. The Morgan fingerprint density at radius 1 is 1.25 bits per heavy atom. The summed E-state index contributed by atoms with van der Waals surface area (Å²) in [7, 11) is 0. The molecule has 0 fully saturated rings. The minimum Gasteiger partial charge on any atom is -0.325 e. The van der Waals surface area contributed by atoms with Gasteiger partial charge in [-0.2, -0.15) is 0 Å². The van der Waals surface area contributed by atoms with Crippen LogP contribution in [-0.4, -0.2) is 28.3 Å². The second-order valence-corrected chi connectivity index (χ2v) is 7.66. The largest absolute Gasteiger partial charge is 0.325 e. The normalized spacial score (nSPS) is 15.2. The van der Waals surface area contributed by atoms with Gasteiger partial charge in [-0.1, -0.05) is 23.7 Å². The lowest BCUT2D eigenvalue weighted by Gasteiger charge is -2.24. The van der Waals surface area contributed by atoms with Crippen molar-refractivity contribution in [1.29, 1.82) is 0 Å². The zero-order valence-corrected chi connectivity index (χ0v) is 17.4. The van der Waals surface area contributed by atoms with Crippen molar-refractivity contribution in [2.45, 2.75) is 19.3 Å². The van der Waals surface area contributed by atoms with E-state index in [-0.39, 0.29) is 27.5 Å². The zero-order chi connectivity index (χ0) is 23.0. The number of benzene rings is 2. The van der Waals surface area contributed by atoms with Gasteiger partial charge in [-0.3, -0.25) is 9.59 Å². The number of nitrogens with one attached hydrogen (secondary N) is 1. The molecule has 6 nitrogen and oxygen atoms in total. The van der Waals surface area contributed by atoms with Crippen molar-refractivity contribution >= 4 is 34.8 Å². The third kappa shape index (κ3) is 4.03. The first-order valence-electron chi connectivity index (χ1n) is 9.55. The van der Waals surface area contributed by atoms with Gasteiger partial charge < -0.3 is 10.2 Å². The van der Waals surface area contributed by atoms with E-state index < -0.39 is 36.5 Å². The van der Waals surface area contributed by atoms with E-state index in [2.05, 4.69) is 15.3 Å². The lowest BCUT2D eigenvalue weighted by atomic mass is 9.98. The first kappa shape index (κ1) is 21.8. The number of halogens is 4. The number of carbonyl (C=O) groups excluding carboxylic acids is 2. The summed E-state index contributed by atoms with van der Waals surface area (Å²) in [5, 5.41) is 2.61. The van der Waals surface area contributed by atoms with E-state index in [1.54, 1.807) is 6.92 Å². The molecule has 2 heterocycles. The molecule has 2 aromatic carbocycles. The van der Waals surface area contributed by atoms with Crippen LogP contribution in [0.5, 0.6) is 0 Å². The number of aromatic nitrogens is 2. The van der Waals surface area contributed by atoms with Gasteiger partial charge >= 0.3 is 0 Å². The molecule has 0 saturated heterocycles. The molecule has 1 N–H and O–H groups in total. The average molecular weight is 461 g/mol. The molecule has 0 spiro atoms. The quantitative estimate of drug-likeness (QED) is 0.597. The molecule has 0 bridgehead atoms. The Bertz CT molecular complexity index is 1200. The fourth-order valence-electron chi connectivity index (χ4n) is 3.60. The smallest absolute Gasteiger partial charge is 0.263 e. The Kier molecular flexibility index (Phi) is 5.84. The van der Waals surface area contributed by atoms with Crippen molar-refractivity contribution in [1.82, 2.24) is 9.97 Å². The second kappa shape index (κ2) is 8.58. The van der Waals surface area contributed by atoms with Gasteiger partial charge in [-0.25, -0.2) is 23.1 Å². The van der Waals surface area contributed by atoms with Gasteiger partial charge in [0.2, 0.25) is 11.8 Å². The lowest BCUT2D eigenvalue weighted by molar-refractivity contribution is -0.122. The standard InChI is InChI=1S/C22H16ClF3N4O2/c1-11-20-15(8-27-10-28-20)19-16(24)6-13(23)7-17(19)30(22(11)32)9-18(31)29-14-4-2-12(3-5-14)21(25)26/h2-8,10-11,21H,9H2,1H3,(H,29,31)/t11-/m1/s1. The topological polar surface area (TPSA) is 75.2 Å². The Morgan fingerprint density at radius 3 is 2.66 bits per heavy atom. The van der Waals surface area contributed by atoms with E-state index in [1.807, 2.05) is 0 Å². The molecule has 0 radical (unpaired) electrons. The monoisotopic (exact) mass is 460 g/mol. The summed E-state index contributed by atoms with van der Waals surface area (Å²) in [6, 6.07) is 7.57. The summed E-state index contributed by atoms with van der Waals surface area (Å²) in [4.78, 5) is 35.2. The number of amides is 2. The van der Waals surface area contributed by atoms with Crippen LogP contribution < -0.4 is 10.2 Å². The summed E-state index contributed by atoms with van der Waals surface area (Å²) in [5.74, 6) is -2.54. The summed E-state index contributed by atoms with van der Waals surface area (Å²) < 4.78 is 40.4. The van der Waals surface area contributed by atoms with Crippen molar-refractivity contribution in [3.63, 3.8) is 0 Å². The number of nitrogens with zero attached hydrogens (tertiary/aromatic N) is 3. The third-order valence-corrected chi connectivity index (χ3v) is 5.35. The molecule has 1 aliphatic rings. The molecule has 0 unspecified atom stereocenters. The molecule has 32 heavy (non-hydrogen) atoms. The van der Waals surface area contributed by atoms with Crippen LogP contribution in [0.3, 0.4) is 0 Å². The first-order chi connectivity index (χ1) is 15.3. The molecule has 1 aliphatic heterocycles. The summed E-state index contributed by atoms with van der Waals surface area (Å²) in [6.07, 6.45) is 0.0503. The fourth-order valence-corrected chi connectivity index (χ4v) is 3.80. The van der Waals surface area contributed by atoms with Crippen molar-refractivity contribution in [3.8, 4) is 11.1 Å². The second-order valence-electron chi connectivity index (χ2n) is 7.22. The average Bonchev–Trinajstić information content (AvgIpc) is 2.84. The number of hydrogen-bond acceptors (Lipinski definition) is 4. The molecule has 3 aromatic rings. The SMILES string of the molecule is C[C@H]1C(=O)N(CC(=O)Nc2ccc(C(F)F)cc2)c2cc(Cl)cc(F)c2-c2cncnc21. The Hall–Kier alpha value is -3.46. The van der Waals surface area contributed by atoms with Crippen LogP contribution in [0.4, 0.5) is 24.5 Å². The molecular formula is C22H16ClF3N4O2. The number of anilines is 2. The fraction of sp³-hybridized carbons (Fsp3) is 0.182. The van der Waals surface area contributed by atoms with Crippen molar-refractivity contribution in [2.24, 2.45) is 0 Å². The Morgan fingerprint density at radius 2 is 1.97 bits per heavy atom. The molecular weight excluding hydrogens is 445 g/mol. The summed E-state index contributed by atoms with van der Waals surface area (Å²) in [6.45, 7) is 1.15. The van der Waals surface area contributed by atoms with Gasteiger partial charge in [-0.15, -0.1) is 0 Å². The van der Waals surface area contributed by atoms with Gasteiger partial charge in [0.05, 0.1) is 17.3 Å². The molecule has 4 rings (SSSR count). The number of carbonyl (C=O) groups is 2. The molecule has 1 aromatic heterocycles. The van der Waals surface area contributed by atoms with E-state index >= 15 is 0 Å². The Balaban J connectivity index is 1.69. The number of hydrogen-bond donors (Lipinski definition) is 1. The van der Waals surface area contributed by atoms with Crippen molar-refractivity contribution < 1.29 is 22.8 Å². The predicted octanol–water partition coefficient (Wildman–Crippen LogP) is 4.96. The molecule has 1 atom stereocenters. The Labute approximate surface area is 186 Å². The van der Waals surface area contributed by atoms with Crippen molar-refractivity contribution in [2.75, 3.05) is 16.8 Å². The lowest BCUT2D eigenvalue weighted by Crippen LogP contribution is -2.40. The minimum atomic E-state index is -2.63. The van der Waals surface area contributed by atoms with Gasteiger partial charge in [0, 0.05) is 33.6 Å². The third-order valence-electron chi connectivity index (χ3n) is 5.13. The van der Waals surface area contributed by atoms with Gasteiger partial charge in [0.15, 0.2) is 0 Å². The molecule has 2 amide bonds. The van der Waals surface area contributed by atoms with Gasteiger partial charge in [-0.05, 0) is 31.2 Å². The maximum Gasteiger partial charge on any atom is 0.263 e. The molecule has 0 saturated carbocycles. The van der Waals surface area contributed by atoms with E-state index in [0.29, 0.717) is 11.3 Å². The maximum absolute atomic E-state index is 15.0. The highest BCUT2D eigenvalue weighted by Gasteiger charge is 2.35. The highest BCUT2D eigenvalue weighted by Crippen LogP contribution is 2.42. The van der Waals surface area contributed by atoms with Crippen LogP contribution in [0.25, 0.3) is 11.1 Å². The van der Waals surface area contributed by atoms with Crippen LogP contribution in [0.2, 0.25) is 5.02 Å². The minimum absolute atomic E-state index is 0.0509.